The van der Waals surface area contributed by atoms with Crippen LogP contribution >= 0.6 is 0 Å². The Morgan fingerprint density at radius 3 is 2.73 bits per heavy atom. The SMILES string of the molecule is CNC1C[C@@H]2CC[C@H](N)[C@@H]2C1. The minimum absolute atomic E-state index is 0.512. The lowest BCUT2D eigenvalue weighted by atomic mass is 9.98. The van der Waals surface area contributed by atoms with Crippen molar-refractivity contribution in [1.29, 1.82) is 0 Å². The second-order valence-corrected chi connectivity index (χ2v) is 4.12. The van der Waals surface area contributed by atoms with E-state index in [0.29, 0.717) is 6.04 Å². The Labute approximate surface area is 68.5 Å². The molecule has 2 saturated carbocycles. The molecular formula is C9H18N2. The van der Waals surface area contributed by atoms with Gasteiger partial charge in [-0.1, -0.05) is 0 Å². The fourth-order valence-electron chi connectivity index (χ4n) is 2.87. The number of nitrogens with one attached hydrogen (secondary N) is 1. The van der Waals surface area contributed by atoms with Crippen LogP contribution in [0, 0.1) is 11.8 Å². The summed E-state index contributed by atoms with van der Waals surface area (Å²) in [5, 5.41) is 3.36. The minimum atomic E-state index is 0.512. The van der Waals surface area contributed by atoms with E-state index < -0.39 is 0 Å². The van der Waals surface area contributed by atoms with Crippen LogP contribution in [0.2, 0.25) is 0 Å². The van der Waals surface area contributed by atoms with Crippen LogP contribution in [-0.2, 0) is 0 Å². The molecule has 0 aromatic heterocycles. The zero-order valence-corrected chi connectivity index (χ0v) is 7.22. The molecule has 4 atom stereocenters. The van der Waals surface area contributed by atoms with Crippen LogP contribution in [-0.4, -0.2) is 19.1 Å². The summed E-state index contributed by atoms with van der Waals surface area (Å²) in [5.41, 5.74) is 6.01. The van der Waals surface area contributed by atoms with E-state index >= 15 is 0 Å². The summed E-state index contributed by atoms with van der Waals surface area (Å²) in [5.74, 6) is 1.79. The van der Waals surface area contributed by atoms with Gasteiger partial charge in [0.1, 0.15) is 0 Å². The molecule has 2 aliphatic carbocycles. The monoisotopic (exact) mass is 154 g/mol. The van der Waals surface area contributed by atoms with Gasteiger partial charge in [-0.25, -0.2) is 0 Å². The van der Waals surface area contributed by atoms with E-state index in [1.807, 2.05) is 0 Å². The molecule has 2 heteroatoms. The number of nitrogens with two attached hydrogens (primary N) is 1. The van der Waals surface area contributed by atoms with Crippen LogP contribution < -0.4 is 11.1 Å². The maximum absolute atomic E-state index is 6.01. The minimum Gasteiger partial charge on any atom is -0.327 e. The fraction of sp³-hybridized carbons (Fsp3) is 1.00. The van der Waals surface area contributed by atoms with Crippen molar-refractivity contribution in [2.75, 3.05) is 7.05 Å². The molecule has 0 aromatic rings. The Kier molecular flexibility index (Phi) is 1.90. The van der Waals surface area contributed by atoms with Crippen LogP contribution in [0.3, 0.4) is 0 Å². The van der Waals surface area contributed by atoms with E-state index in [4.69, 9.17) is 5.73 Å². The van der Waals surface area contributed by atoms with Crippen LogP contribution in [0.4, 0.5) is 0 Å². The first kappa shape index (κ1) is 7.56. The Hall–Kier alpha value is -0.0800. The quantitative estimate of drug-likeness (QED) is 0.584. The average molecular weight is 154 g/mol. The molecule has 0 aromatic carbocycles. The van der Waals surface area contributed by atoms with E-state index in [1.165, 1.54) is 25.7 Å². The molecule has 2 nitrogen and oxygen atoms in total. The Balaban J connectivity index is 1.98. The number of hydrogen-bond donors (Lipinski definition) is 2. The van der Waals surface area contributed by atoms with Crippen molar-refractivity contribution < 1.29 is 0 Å². The summed E-state index contributed by atoms with van der Waals surface area (Å²) in [6.45, 7) is 0. The van der Waals surface area contributed by atoms with Crippen molar-refractivity contribution in [2.24, 2.45) is 17.6 Å². The van der Waals surface area contributed by atoms with Crippen molar-refractivity contribution in [3.05, 3.63) is 0 Å². The van der Waals surface area contributed by atoms with Crippen LogP contribution in [0.25, 0.3) is 0 Å². The third-order valence-electron chi connectivity index (χ3n) is 3.58. The van der Waals surface area contributed by atoms with Crippen molar-refractivity contribution in [1.82, 2.24) is 5.32 Å². The average Bonchev–Trinajstić information content (AvgIpc) is 2.53. The zero-order valence-electron chi connectivity index (χ0n) is 7.22. The van der Waals surface area contributed by atoms with Gasteiger partial charge in [0.25, 0.3) is 0 Å². The lowest BCUT2D eigenvalue weighted by Crippen LogP contribution is -2.28. The van der Waals surface area contributed by atoms with Crippen LogP contribution in [0.15, 0.2) is 0 Å². The standard InChI is InChI=1S/C9H18N2/c1-11-7-4-6-2-3-9(10)8(6)5-7/h6-9,11H,2-5,10H2,1H3/t6-,7?,8+,9-/m0/s1. The molecule has 0 spiro atoms. The first-order valence-corrected chi connectivity index (χ1v) is 4.74. The lowest BCUT2D eigenvalue weighted by molar-refractivity contribution is 0.419. The van der Waals surface area contributed by atoms with E-state index in [-0.39, 0.29) is 0 Å². The van der Waals surface area contributed by atoms with Gasteiger partial charge in [-0.3, -0.25) is 0 Å². The number of rotatable bonds is 1. The molecule has 1 unspecified atom stereocenters. The first-order valence-electron chi connectivity index (χ1n) is 4.74. The van der Waals surface area contributed by atoms with Crippen molar-refractivity contribution in [2.45, 2.75) is 37.8 Å². The van der Waals surface area contributed by atoms with E-state index in [0.717, 1.165) is 17.9 Å². The van der Waals surface area contributed by atoms with Crippen molar-refractivity contribution in [3.8, 4) is 0 Å². The molecule has 0 radical (unpaired) electrons. The van der Waals surface area contributed by atoms with Gasteiger partial charge in [0, 0.05) is 12.1 Å². The highest BCUT2D eigenvalue weighted by Crippen LogP contribution is 2.43. The number of fused-ring (bicyclic) bond motifs is 1. The van der Waals surface area contributed by atoms with Gasteiger partial charge < -0.3 is 11.1 Å². The molecule has 64 valence electrons. The molecule has 0 amide bonds. The normalized spacial score (nSPS) is 49.6. The third kappa shape index (κ3) is 1.18. The van der Waals surface area contributed by atoms with Gasteiger partial charge in [0.05, 0.1) is 0 Å². The fourth-order valence-corrected chi connectivity index (χ4v) is 2.87. The van der Waals surface area contributed by atoms with E-state index in [9.17, 15) is 0 Å². The molecule has 2 aliphatic rings. The molecule has 0 aliphatic heterocycles. The third-order valence-corrected chi connectivity index (χ3v) is 3.58. The van der Waals surface area contributed by atoms with Gasteiger partial charge in [-0.15, -0.1) is 0 Å². The predicted molar refractivity (Wildman–Crippen MR) is 46.3 cm³/mol. The molecule has 2 fully saturated rings. The summed E-state index contributed by atoms with van der Waals surface area (Å²) in [7, 11) is 2.07. The summed E-state index contributed by atoms with van der Waals surface area (Å²) in [6, 6.07) is 1.27. The highest BCUT2D eigenvalue weighted by atomic mass is 14.9. The highest BCUT2D eigenvalue weighted by Gasteiger charge is 2.40. The van der Waals surface area contributed by atoms with Gasteiger partial charge >= 0.3 is 0 Å². The summed E-state index contributed by atoms with van der Waals surface area (Å²) in [4.78, 5) is 0. The molecule has 0 saturated heterocycles. The maximum atomic E-state index is 6.01. The molecule has 3 N–H and O–H groups in total. The second-order valence-electron chi connectivity index (χ2n) is 4.12. The summed E-state index contributed by atoms with van der Waals surface area (Å²) in [6.07, 6.45) is 5.34. The largest absolute Gasteiger partial charge is 0.327 e. The summed E-state index contributed by atoms with van der Waals surface area (Å²) >= 11 is 0. The molecule has 0 bridgehead atoms. The predicted octanol–water partition coefficient (Wildman–Crippen LogP) is 0.722. The topological polar surface area (TPSA) is 38.0 Å². The molecule has 0 heterocycles. The van der Waals surface area contributed by atoms with Gasteiger partial charge in [-0.05, 0) is 44.6 Å². The van der Waals surface area contributed by atoms with Crippen molar-refractivity contribution in [3.63, 3.8) is 0 Å². The lowest BCUT2D eigenvalue weighted by Gasteiger charge is -2.13. The molecule has 11 heavy (non-hydrogen) atoms. The summed E-state index contributed by atoms with van der Waals surface area (Å²) < 4.78 is 0. The Morgan fingerprint density at radius 1 is 1.27 bits per heavy atom. The van der Waals surface area contributed by atoms with Gasteiger partial charge in [-0.2, -0.15) is 0 Å². The highest BCUT2D eigenvalue weighted by molar-refractivity contribution is 4.96. The van der Waals surface area contributed by atoms with Crippen molar-refractivity contribution >= 4 is 0 Å². The van der Waals surface area contributed by atoms with Crippen LogP contribution in [0.5, 0.6) is 0 Å². The second kappa shape index (κ2) is 2.76. The van der Waals surface area contributed by atoms with Crippen LogP contribution in [0.1, 0.15) is 25.7 Å². The Morgan fingerprint density at radius 2 is 2.09 bits per heavy atom. The van der Waals surface area contributed by atoms with E-state index in [2.05, 4.69) is 12.4 Å². The smallest absolute Gasteiger partial charge is 0.00705 e. The molecule has 2 rings (SSSR count). The number of hydrogen-bond acceptors (Lipinski definition) is 2. The zero-order chi connectivity index (χ0) is 7.84. The Bertz CT molecular complexity index is 146. The van der Waals surface area contributed by atoms with Gasteiger partial charge in [0.15, 0.2) is 0 Å². The maximum Gasteiger partial charge on any atom is 0.00705 e. The molecular weight excluding hydrogens is 136 g/mol. The first-order chi connectivity index (χ1) is 5.31. The van der Waals surface area contributed by atoms with E-state index in [1.54, 1.807) is 0 Å². The van der Waals surface area contributed by atoms with Gasteiger partial charge in [0.2, 0.25) is 0 Å².